The van der Waals surface area contributed by atoms with Gasteiger partial charge in [-0.1, -0.05) is 12.1 Å². The standard InChI is InChI=1S/C22H24N4O3S/c1-3-23-21(28)24-17-9-4-15(5-10-17)6-13-20(27)26-22-25-19(14-30-22)16-7-11-18(29-2)12-8-16/h4-5,7-12,14H,3,6,13H2,1-2H3,(H2,23,24,28)(H,25,26,27). The summed E-state index contributed by atoms with van der Waals surface area (Å²) in [6.07, 6.45) is 0.949. The number of aromatic nitrogens is 1. The number of rotatable bonds is 8. The molecule has 2 aromatic carbocycles. The van der Waals surface area contributed by atoms with Crippen LogP contribution < -0.4 is 20.7 Å². The maximum Gasteiger partial charge on any atom is 0.319 e. The van der Waals surface area contributed by atoms with Gasteiger partial charge in [0, 0.05) is 29.6 Å². The maximum atomic E-state index is 12.3. The van der Waals surface area contributed by atoms with Gasteiger partial charge in [-0.3, -0.25) is 4.79 Å². The highest BCUT2D eigenvalue weighted by Crippen LogP contribution is 2.26. The molecule has 0 bridgehead atoms. The number of ether oxygens (including phenoxy) is 1. The van der Waals surface area contributed by atoms with Crippen LogP contribution in [0.15, 0.2) is 53.9 Å². The number of thiazole rings is 1. The van der Waals surface area contributed by atoms with Gasteiger partial charge in [0.15, 0.2) is 5.13 Å². The molecule has 3 aromatic rings. The van der Waals surface area contributed by atoms with Gasteiger partial charge in [-0.05, 0) is 55.3 Å². The highest BCUT2D eigenvalue weighted by atomic mass is 32.1. The Morgan fingerprint density at radius 2 is 1.77 bits per heavy atom. The van der Waals surface area contributed by atoms with E-state index in [4.69, 9.17) is 4.74 Å². The van der Waals surface area contributed by atoms with Gasteiger partial charge in [-0.25, -0.2) is 9.78 Å². The number of benzene rings is 2. The molecule has 8 heteroatoms. The fraction of sp³-hybridized carbons (Fsp3) is 0.227. The number of carbonyl (C=O) groups is 2. The summed E-state index contributed by atoms with van der Waals surface area (Å²) in [5.41, 5.74) is 3.51. The van der Waals surface area contributed by atoms with Gasteiger partial charge in [0.05, 0.1) is 12.8 Å². The monoisotopic (exact) mass is 424 g/mol. The van der Waals surface area contributed by atoms with Gasteiger partial charge >= 0.3 is 6.03 Å². The fourth-order valence-corrected chi connectivity index (χ4v) is 3.49. The molecule has 0 aliphatic rings. The van der Waals surface area contributed by atoms with Gasteiger partial charge in [0.2, 0.25) is 5.91 Å². The van der Waals surface area contributed by atoms with Gasteiger partial charge in [-0.15, -0.1) is 11.3 Å². The molecule has 0 saturated carbocycles. The van der Waals surface area contributed by atoms with E-state index in [-0.39, 0.29) is 11.9 Å². The minimum atomic E-state index is -0.234. The Morgan fingerprint density at radius 3 is 2.43 bits per heavy atom. The molecule has 3 amide bonds. The molecule has 0 spiro atoms. The lowest BCUT2D eigenvalue weighted by Gasteiger charge is -2.07. The number of methoxy groups -OCH3 is 1. The van der Waals surface area contributed by atoms with Crippen molar-refractivity contribution in [1.29, 1.82) is 0 Å². The van der Waals surface area contributed by atoms with Gasteiger partial charge in [0.1, 0.15) is 5.75 Å². The largest absolute Gasteiger partial charge is 0.497 e. The molecule has 7 nitrogen and oxygen atoms in total. The molecule has 0 radical (unpaired) electrons. The molecule has 0 unspecified atom stereocenters. The molecule has 30 heavy (non-hydrogen) atoms. The summed E-state index contributed by atoms with van der Waals surface area (Å²) in [6, 6.07) is 14.8. The van der Waals surface area contributed by atoms with Crippen LogP contribution in [0, 0.1) is 0 Å². The lowest BCUT2D eigenvalue weighted by atomic mass is 10.1. The normalized spacial score (nSPS) is 10.3. The van der Waals surface area contributed by atoms with E-state index < -0.39 is 0 Å². The predicted octanol–water partition coefficient (Wildman–Crippen LogP) is 4.53. The molecule has 1 aromatic heterocycles. The average molecular weight is 425 g/mol. The van der Waals surface area contributed by atoms with Crippen LogP contribution in [0.5, 0.6) is 5.75 Å². The van der Waals surface area contributed by atoms with E-state index in [0.717, 1.165) is 22.6 Å². The molecule has 0 aliphatic heterocycles. The molecule has 0 fully saturated rings. The highest BCUT2D eigenvalue weighted by Gasteiger charge is 2.09. The van der Waals surface area contributed by atoms with E-state index in [1.165, 1.54) is 11.3 Å². The quantitative estimate of drug-likeness (QED) is 0.495. The minimum Gasteiger partial charge on any atom is -0.497 e. The summed E-state index contributed by atoms with van der Waals surface area (Å²) in [5, 5.41) is 10.8. The van der Waals surface area contributed by atoms with Crippen LogP contribution in [0.3, 0.4) is 0 Å². The summed E-state index contributed by atoms with van der Waals surface area (Å²) in [5.74, 6) is 0.700. The topological polar surface area (TPSA) is 92.4 Å². The number of hydrogen-bond acceptors (Lipinski definition) is 5. The first kappa shape index (κ1) is 21.3. The Hall–Kier alpha value is -3.39. The first-order valence-electron chi connectivity index (χ1n) is 9.61. The number of carbonyl (C=O) groups excluding carboxylic acids is 2. The highest BCUT2D eigenvalue weighted by molar-refractivity contribution is 7.14. The van der Waals surface area contributed by atoms with Crippen molar-refractivity contribution in [3.8, 4) is 17.0 Å². The van der Waals surface area contributed by atoms with Crippen molar-refractivity contribution in [3.63, 3.8) is 0 Å². The SMILES string of the molecule is CCNC(=O)Nc1ccc(CCC(=O)Nc2nc(-c3ccc(OC)cc3)cs2)cc1. The van der Waals surface area contributed by atoms with E-state index in [0.29, 0.717) is 30.2 Å². The van der Waals surface area contributed by atoms with Crippen LogP contribution >= 0.6 is 11.3 Å². The summed E-state index contributed by atoms with van der Waals surface area (Å²) < 4.78 is 5.16. The molecule has 0 aliphatic carbocycles. The Morgan fingerprint density at radius 1 is 1.03 bits per heavy atom. The molecule has 3 N–H and O–H groups in total. The zero-order valence-electron chi connectivity index (χ0n) is 16.9. The van der Waals surface area contributed by atoms with Crippen molar-refractivity contribution >= 4 is 34.1 Å². The number of hydrogen-bond donors (Lipinski definition) is 3. The van der Waals surface area contributed by atoms with E-state index in [9.17, 15) is 9.59 Å². The third-order valence-corrected chi connectivity index (χ3v) is 5.08. The Kier molecular flexibility index (Phi) is 7.40. The predicted molar refractivity (Wildman–Crippen MR) is 120 cm³/mol. The van der Waals surface area contributed by atoms with Crippen molar-refractivity contribution in [2.24, 2.45) is 0 Å². The van der Waals surface area contributed by atoms with E-state index in [1.54, 1.807) is 7.11 Å². The lowest BCUT2D eigenvalue weighted by molar-refractivity contribution is -0.116. The van der Waals surface area contributed by atoms with Crippen LogP contribution in [-0.4, -0.2) is 30.6 Å². The maximum absolute atomic E-state index is 12.3. The van der Waals surface area contributed by atoms with Crippen LogP contribution in [0.2, 0.25) is 0 Å². The number of urea groups is 1. The zero-order chi connectivity index (χ0) is 21.3. The molecule has 0 saturated heterocycles. The molecule has 156 valence electrons. The third kappa shape index (κ3) is 6.05. The van der Waals surface area contributed by atoms with E-state index >= 15 is 0 Å². The van der Waals surface area contributed by atoms with E-state index in [1.807, 2.05) is 60.8 Å². The van der Waals surface area contributed by atoms with Crippen molar-refractivity contribution in [2.45, 2.75) is 19.8 Å². The molecule has 0 atom stereocenters. The minimum absolute atomic E-state index is 0.0878. The van der Waals surface area contributed by atoms with Crippen molar-refractivity contribution < 1.29 is 14.3 Å². The first-order valence-corrected chi connectivity index (χ1v) is 10.5. The van der Waals surface area contributed by atoms with Gasteiger partial charge in [0.25, 0.3) is 0 Å². The van der Waals surface area contributed by atoms with Gasteiger partial charge < -0.3 is 20.7 Å². The summed E-state index contributed by atoms with van der Waals surface area (Å²) in [6.45, 7) is 2.43. The summed E-state index contributed by atoms with van der Waals surface area (Å²) in [7, 11) is 1.63. The molecular formula is C22H24N4O3S. The lowest BCUT2D eigenvalue weighted by Crippen LogP contribution is -2.28. The number of anilines is 2. The van der Waals surface area contributed by atoms with Crippen LogP contribution in [-0.2, 0) is 11.2 Å². The van der Waals surface area contributed by atoms with Crippen molar-refractivity contribution in [3.05, 3.63) is 59.5 Å². The van der Waals surface area contributed by atoms with Gasteiger partial charge in [-0.2, -0.15) is 0 Å². The molecule has 3 rings (SSSR count). The second-order valence-corrected chi connectivity index (χ2v) is 7.35. The molecule has 1 heterocycles. The second-order valence-electron chi connectivity index (χ2n) is 6.50. The molecular weight excluding hydrogens is 400 g/mol. The summed E-state index contributed by atoms with van der Waals surface area (Å²) in [4.78, 5) is 28.3. The second kappa shape index (κ2) is 10.4. The van der Waals surface area contributed by atoms with Crippen molar-refractivity contribution in [1.82, 2.24) is 10.3 Å². The number of nitrogens with zero attached hydrogens (tertiary/aromatic N) is 1. The zero-order valence-corrected chi connectivity index (χ0v) is 17.7. The first-order chi connectivity index (χ1) is 14.6. The van der Waals surface area contributed by atoms with E-state index in [2.05, 4.69) is 20.9 Å². The smallest absolute Gasteiger partial charge is 0.319 e. The van der Waals surface area contributed by atoms with Crippen LogP contribution in [0.1, 0.15) is 18.9 Å². The Labute approximate surface area is 179 Å². The van der Waals surface area contributed by atoms with Crippen LogP contribution in [0.4, 0.5) is 15.6 Å². The average Bonchev–Trinajstić information content (AvgIpc) is 3.22. The fourth-order valence-electron chi connectivity index (χ4n) is 2.76. The summed E-state index contributed by atoms with van der Waals surface area (Å²) >= 11 is 1.40. The third-order valence-electron chi connectivity index (χ3n) is 4.33. The number of amides is 3. The number of aryl methyl sites for hydroxylation is 1. The van der Waals surface area contributed by atoms with Crippen LogP contribution in [0.25, 0.3) is 11.3 Å². The Bertz CT molecular complexity index is 984. The van der Waals surface area contributed by atoms with Crippen molar-refractivity contribution in [2.75, 3.05) is 24.3 Å². The Balaban J connectivity index is 1.49. The number of nitrogens with one attached hydrogen (secondary N) is 3.